The standard InChI is InChI=1S/C15H19ClF2O9/c1-6(19)23-5-10-12(24-7(2)20)13(25-8(3)21)11(15(16,17)18)14(27-10)26-9(4)22/h10-14H,5H2,1-4H3/t10-,11-,12-,13-,14+/m1/s1. The van der Waals surface area contributed by atoms with E-state index in [4.69, 9.17) is 35.3 Å². The SMILES string of the molecule is CC(=O)OC[C@H]1O[C@H](OC(C)=O)[C@H](C(F)(F)Cl)[C@@H](OC(C)=O)[C@@H]1OC(C)=O. The van der Waals surface area contributed by atoms with Crippen LogP contribution < -0.4 is 0 Å². The molecule has 0 amide bonds. The van der Waals surface area contributed by atoms with E-state index in [9.17, 15) is 28.0 Å². The van der Waals surface area contributed by atoms with Gasteiger partial charge in [0.2, 0.25) is 6.29 Å². The van der Waals surface area contributed by atoms with Gasteiger partial charge >= 0.3 is 29.3 Å². The number of ether oxygens (including phenoxy) is 5. The molecular weight excluding hydrogens is 398 g/mol. The second-order valence-corrected chi connectivity index (χ2v) is 6.17. The normalized spacial score (nSPS) is 28.0. The molecule has 1 rings (SSSR count). The number of halogens is 3. The Morgan fingerprint density at radius 1 is 0.889 bits per heavy atom. The first-order valence-electron chi connectivity index (χ1n) is 7.70. The Morgan fingerprint density at radius 3 is 1.78 bits per heavy atom. The number of hydrogen-bond donors (Lipinski definition) is 0. The van der Waals surface area contributed by atoms with E-state index in [0.717, 1.165) is 27.7 Å². The summed E-state index contributed by atoms with van der Waals surface area (Å²) < 4.78 is 52.7. The van der Waals surface area contributed by atoms with E-state index in [0.29, 0.717) is 0 Å². The molecule has 27 heavy (non-hydrogen) atoms. The highest BCUT2D eigenvalue weighted by molar-refractivity contribution is 6.22. The molecule has 0 aromatic carbocycles. The number of alkyl halides is 3. The average Bonchev–Trinajstić information content (AvgIpc) is 2.44. The number of carbonyl (C=O) groups is 4. The van der Waals surface area contributed by atoms with Crippen molar-refractivity contribution in [2.45, 2.75) is 57.7 Å². The van der Waals surface area contributed by atoms with Crippen molar-refractivity contribution in [3.63, 3.8) is 0 Å². The van der Waals surface area contributed by atoms with Crippen LogP contribution in [0.1, 0.15) is 27.7 Å². The van der Waals surface area contributed by atoms with Crippen LogP contribution in [0.15, 0.2) is 0 Å². The van der Waals surface area contributed by atoms with Crippen molar-refractivity contribution in [2.75, 3.05) is 6.61 Å². The second-order valence-electron chi connectivity index (χ2n) is 5.67. The molecule has 0 aliphatic carbocycles. The lowest BCUT2D eigenvalue weighted by Crippen LogP contribution is -2.62. The lowest BCUT2D eigenvalue weighted by atomic mass is 9.90. The summed E-state index contributed by atoms with van der Waals surface area (Å²) in [4.78, 5) is 45.2. The average molecular weight is 417 g/mol. The molecule has 0 saturated carbocycles. The molecule has 9 nitrogen and oxygen atoms in total. The molecule has 0 radical (unpaired) electrons. The molecule has 0 bridgehead atoms. The van der Waals surface area contributed by atoms with Crippen molar-refractivity contribution < 1.29 is 51.6 Å². The molecule has 1 saturated heterocycles. The summed E-state index contributed by atoms with van der Waals surface area (Å²) in [5, 5.41) is -4.08. The summed E-state index contributed by atoms with van der Waals surface area (Å²) >= 11 is 5.12. The van der Waals surface area contributed by atoms with Crippen LogP contribution in [0.2, 0.25) is 0 Å². The van der Waals surface area contributed by atoms with Crippen LogP contribution in [0.4, 0.5) is 8.78 Å². The highest BCUT2D eigenvalue weighted by atomic mass is 35.5. The third-order valence-electron chi connectivity index (χ3n) is 3.36. The van der Waals surface area contributed by atoms with Crippen molar-refractivity contribution in [3.8, 4) is 0 Å². The molecule has 5 atom stereocenters. The number of esters is 4. The minimum atomic E-state index is -4.08. The molecular formula is C15H19ClF2O9. The summed E-state index contributed by atoms with van der Waals surface area (Å²) in [6, 6.07) is 0. The van der Waals surface area contributed by atoms with Crippen LogP contribution in [0, 0.1) is 5.92 Å². The summed E-state index contributed by atoms with van der Waals surface area (Å²) in [6.45, 7) is 3.38. The van der Waals surface area contributed by atoms with Crippen molar-refractivity contribution in [2.24, 2.45) is 5.92 Å². The maximum Gasteiger partial charge on any atom is 0.334 e. The van der Waals surface area contributed by atoms with Crippen LogP contribution in [-0.2, 0) is 42.9 Å². The molecule has 0 unspecified atom stereocenters. The van der Waals surface area contributed by atoms with Gasteiger partial charge in [-0.05, 0) is 11.6 Å². The molecule has 1 aliphatic rings. The fraction of sp³-hybridized carbons (Fsp3) is 0.733. The number of hydrogen-bond acceptors (Lipinski definition) is 9. The first-order chi connectivity index (χ1) is 12.3. The first-order valence-corrected chi connectivity index (χ1v) is 8.08. The lowest BCUT2D eigenvalue weighted by Gasteiger charge is -2.45. The number of carbonyl (C=O) groups excluding carboxylic acids is 4. The number of rotatable bonds is 6. The maximum absolute atomic E-state index is 14.0. The highest BCUT2D eigenvalue weighted by Gasteiger charge is 2.60. The van der Waals surface area contributed by atoms with Gasteiger partial charge in [0.05, 0.1) is 0 Å². The minimum absolute atomic E-state index is 0.552. The van der Waals surface area contributed by atoms with Crippen LogP contribution in [0.5, 0.6) is 0 Å². The van der Waals surface area contributed by atoms with E-state index in [-0.39, 0.29) is 0 Å². The Bertz CT molecular complexity index is 592. The summed E-state index contributed by atoms with van der Waals surface area (Å²) in [7, 11) is 0. The van der Waals surface area contributed by atoms with Gasteiger partial charge in [-0.3, -0.25) is 19.2 Å². The minimum Gasteiger partial charge on any atom is -0.463 e. The topological polar surface area (TPSA) is 114 Å². The van der Waals surface area contributed by atoms with Crippen LogP contribution in [0.3, 0.4) is 0 Å². The van der Waals surface area contributed by atoms with Crippen molar-refractivity contribution in [1.82, 2.24) is 0 Å². The molecule has 0 spiro atoms. The second kappa shape index (κ2) is 9.27. The Balaban J connectivity index is 3.36. The predicted molar refractivity (Wildman–Crippen MR) is 82.5 cm³/mol. The third kappa shape index (κ3) is 6.90. The largest absolute Gasteiger partial charge is 0.463 e. The summed E-state index contributed by atoms with van der Waals surface area (Å²) in [5.74, 6) is -5.82. The van der Waals surface area contributed by atoms with E-state index in [1.165, 1.54) is 0 Å². The van der Waals surface area contributed by atoms with Gasteiger partial charge in [-0.25, -0.2) is 0 Å². The van der Waals surface area contributed by atoms with Crippen LogP contribution in [-0.4, -0.2) is 60.5 Å². The van der Waals surface area contributed by atoms with E-state index in [1.54, 1.807) is 0 Å². The van der Waals surface area contributed by atoms with Crippen molar-refractivity contribution in [3.05, 3.63) is 0 Å². The molecule has 154 valence electrons. The zero-order valence-electron chi connectivity index (χ0n) is 14.9. The maximum atomic E-state index is 14.0. The van der Waals surface area contributed by atoms with Gasteiger partial charge in [0.1, 0.15) is 18.6 Å². The molecule has 12 heteroatoms. The van der Waals surface area contributed by atoms with Crippen molar-refractivity contribution in [1.29, 1.82) is 0 Å². The Kier molecular flexibility index (Phi) is 7.90. The first kappa shape index (κ1) is 23.0. The summed E-state index contributed by atoms with van der Waals surface area (Å²) in [6.07, 6.45) is -6.79. The smallest absolute Gasteiger partial charge is 0.334 e. The van der Waals surface area contributed by atoms with Gasteiger partial charge in [0.15, 0.2) is 12.2 Å². The molecule has 0 N–H and O–H groups in total. The molecule has 1 fully saturated rings. The monoisotopic (exact) mass is 416 g/mol. The lowest BCUT2D eigenvalue weighted by molar-refractivity contribution is -0.304. The van der Waals surface area contributed by atoms with Crippen LogP contribution >= 0.6 is 11.6 Å². The fourth-order valence-electron chi connectivity index (χ4n) is 2.51. The molecule has 0 aromatic rings. The molecule has 0 aromatic heterocycles. The third-order valence-corrected chi connectivity index (χ3v) is 3.61. The fourth-order valence-corrected chi connectivity index (χ4v) is 2.74. The van der Waals surface area contributed by atoms with Gasteiger partial charge in [0, 0.05) is 27.7 Å². The Morgan fingerprint density at radius 2 is 1.37 bits per heavy atom. The van der Waals surface area contributed by atoms with Gasteiger partial charge in [-0.2, -0.15) is 8.78 Å². The Labute approximate surface area is 158 Å². The molecule has 1 heterocycles. The van der Waals surface area contributed by atoms with Gasteiger partial charge < -0.3 is 23.7 Å². The molecule has 1 aliphatic heterocycles. The quantitative estimate of drug-likeness (QED) is 0.357. The van der Waals surface area contributed by atoms with Gasteiger partial charge in [-0.15, -0.1) is 0 Å². The zero-order valence-corrected chi connectivity index (χ0v) is 15.7. The van der Waals surface area contributed by atoms with E-state index in [2.05, 4.69) is 0 Å². The predicted octanol–water partition coefficient (Wildman–Crippen LogP) is 1.15. The summed E-state index contributed by atoms with van der Waals surface area (Å²) in [5.41, 5.74) is 0. The van der Waals surface area contributed by atoms with Gasteiger partial charge in [0.25, 0.3) is 0 Å². The highest BCUT2D eigenvalue weighted by Crippen LogP contribution is 2.43. The van der Waals surface area contributed by atoms with E-state index < -0.39 is 66.4 Å². The van der Waals surface area contributed by atoms with Gasteiger partial charge in [-0.1, -0.05) is 0 Å². The zero-order chi connectivity index (χ0) is 20.9. The van der Waals surface area contributed by atoms with E-state index in [1.807, 2.05) is 0 Å². The van der Waals surface area contributed by atoms with Crippen molar-refractivity contribution >= 4 is 35.5 Å². The van der Waals surface area contributed by atoms with Crippen LogP contribution in [0.25, 0.3) is 0 Å². The Hall–Kier alpha value is -2.01. The van der Waals surface area contributed by atoms with E-state index >= 15 is 0 Å².